The molecule has 0 radical (unpaired) electrons. The highest BCUT2D eigenvalue weighted by atomic mass is 35.5. The number of anilines is 1. The Hall–Kier alpha value is -3.10. The van der Waals surface area contributed by atoms with Crippen molar-refractivity contribution in [2.45, 2.75) is 12.7 Å². The fourth-order valence-corrected chi connectivity index (χ4v) is 3.37. The van der Waals surface area contributed by atoms with Gasteiger partial charge in [0.15, 0.2) is 0 Å². The van der Waals surface area contributed by atoms with Crippen molar-refractivity contribution < 1.29 is 27.2 Å². The SMILES string of the molecule is O=C(CN(Cc1ccccc1Cl)C(=O)c1cccc(C(F)(F)F)c1)Nc1ccc(F)c(Cl)c1. The average Bonchev–Trinajstić information content (AvgIpc) is 2.76. The van der Waals surface area contributed by atoms with Gasteiger partial charge in [-0.05, 0) is 48.0 Å². The van der Waals surface area contributed by atoms with Crippen LogP contribution >= 0.6 is 23.2 Å². The van der Waals surface area contributed by atoms with Gasteiger partial charge in [0.1, 0.15) is 12.4 Å². The van der Waals surface area contributed by atoms with E-state index >= 15 is 0 Å². The molecular formula is C23H16Cl2F4N2O2. The second-order valence-corrected chi connectivity index (χ2v) is 7.82. The molecule has 0 aliphatic carbocycles. The van der Waals surface area contributed by atoms with Crippen LogP contribution in [-0.4, -0.2) is 23.3 Å². The predicted molar refractivity (Wildman–Crippen MR) is 118 cm³/mol. The van der Waals surface area contributed by atoms with Gasteiger partial charge in [-0.1, -0.05) is 47.5 Å². The van der Waals surface area contributed by atoms with Gasteiger partial charge in [0.05, 0.1) is 10.6 Å². The molecule has 10 heteroatoms. The van der Waals surface area contributed by atoms with Gasteiger partial charge in [-0.25, -0.2) is 4.39 Å². The molecule has 0 fully saturated rings. The Bertz CT molecular complexity index is 1190. The highest BCUT2D eigenvalue weighted by Crippen LogP contribution is 2.30. The molecule has 3 rings (SSSR count). The Labute approximate surface area is 196 Å². The lowest BCUT2D eigenvalue weighted by Crippen LogP contribution is -2.37. The molecular weight excluding hydrogens is 483 g/mol. The maximum atomic E-state index is 13.3. The van der Waals surface area contributed by atoms with E-state index in [2.05, 4.69) is 5.32 Å². The summed E-state index contributed by atoms with van der Waals surface area (Å²) < 4.78 is 52.7. The Morgan fingerprint density at radius 2 is 1.64 bits per heavy atom. The lowest BCUT2D eigenvalue weighted by Gasteiger charge is -2.23. The molecule has 2 amide bonds. The van der Waals surface area contributed by atoms with E-state index in [-0.39, 0.29) is 22.8 Å². The highest BCUT2D eigenvalue weighted by molar-refractivity contribution is 6.31. The van der Waals surface area contributed by atoms with E-state index in [0.29, 0.717) is 10.6 Å². The summed E-state index contributed by atoms with van der Waals surface area (Å²) in [5, 5.41) is 2.60. The molecule has 0 aliphatic heterocycles. The second-order valence-electron chi connectivity index (χ2n) is 7.01. The number of rotatable bonds is 6. The van der Waals surface area contributed by atoms with Crippen molar-refractivity contribution in [2.24, 2.45) is 0 Å². The van der Waals surface area contributed by atoms with Crippen molar-refractivity contribution in [3.63, 3.8) is 0 Å². The highest BCUT2D eigenvalue weighted by Gasteiger charge is 2.31. The molecule has 0 spiro atoms. The number of nitrogens with one attached hydrogen (secondary N) is 1. The molecule has 4 nitrogen and oxygen atoms in total. The van der Waals surface area contributed by atoms with Crippen LogP contribution in [0.2, 0.25) is 10.0 Å². The normalized spacial score (nSPS) is 11.2. The molecule has 33 heavy (non-hydrogen) atoms. The van der Waals surface area contributed by atoms with Crippen LogP contribution in [0.5, 0.6) is 0 Å². The van der Waals surface area contributed by atoms with Crippen LogP contribution in [0.3, 0.4) is 0 Å². The standard InChI is InChI=1S/C23H16Cl2F4N2O2/c24-18-7-2-1-4-15(18)12-31(13-21(32)30-17-8-9-20(26)19(25)11-17)22(33)14-5-3-6-16(10-14)23(27,28)29/h1-11H,12-13H2,(H,30,32). The summed E-state index contributed by atoms with van der Waals surface area (Å²) in [5.74, 6) is -2.13. The minimum absolute atomic E-state index is 0.133. The number of carbonyl (C=O) groups excluding carboxylic acids is 2. The zero-order valence-electron chi connectivity index (χ0n) is 16.8. The van der Waals surface area contributed by atoms with Crippen LogP contribution < -0.4 is 5.32 Å². The van der Waals surface area contributed by atoms with Gasteiger partial charge >= 0.3 is 6.18 Å². The third kappa shape index (κ3) is 6.46. The van der Waals surface area contributed by atoms with Gasteiger partial charge in [-0.3, -0.25) is 9.59 Å². The quantitative estimate of drug-likeness (QED) is 0.398. The van der Waals surface area contributed by atoms with Crippen molar-refractivity contribution in [2.75, 3.05) is 11.9 Å². The number of nitrogens with zero attached hydrogens (tertiary/aromatic N) is 1. The number of hydrogen-bond donors (Lipinski definition) is 1. The van der Waals surface area contributed by atoms with E-state index in [1.54, 1.807) is 24.3 Å². The van der Waals surface area contributed by atoms with Crippen LogP contribution in [0.15, 0.2) is 66.7 Å². The molecule has 0 aromatic heterocycles. The third-order valence-corrected chi connectivity index (χ3v) is 5.24. The maximum Gasteiger partial charge on any atom is 0.416 e. The summed E-state index contributed by atoms with van der Waals surface area (Å²) >= 11 is 11.9. The molecule has 1 N–H and O–H groups in total. The first-order valence-corrected chi connectivity index (χ1v) is 10.2. The Morgan fingerprint density at radius 1 is 0.909 bits per heavy atom. The largest absolute Gasteiger partial charge is 0.416 e. The fourth-order valence-electron chi connectivity index (χ4n) is 2.99. The fraction of sp³-hybridized carbons (Fsp3) is 0.130. The summed E-state index contributed by atoms with van der Waals surface area (Å²) in [6, 6.07) is 14.0. The van der Waals surface area contributed by atoms with Crippen molar-refractivity contribution >= 4 is 40.7 Å². The van der Waals surface area contributed by atoms with E-state index < -0.39 is 35.9 Å². The van der Waals surface area contributed by atoms with Crippen molar-refractivity contribution in [3.05, 3.63) is 99.3 Å². The van der Waals surface area contributed by atoms with Crippen LogP contribution in [-0.2, 0) is 17.5 Å². The summed E-state index contributed by atoms with van der Waals surface area (Å²) in [6.45, 7) is -0.637. The molecule has 3 aromatic rings. The van der Waals surface area contributed by atoms with Gasteiger partial charge < -0.3 is 10.2 Å². The lowest BCUT2D eigenvalue weighted by molar-refractivity contribution is -0.137. The monoisotopic (exact) mass is 498 g/mol. The van der Waals surface area contributed by atoms with Crippen molar-refractivity contribution in [3.8, 4) is 0 Å². The van der Waals surface area contributed by atoms with E-state index in [1.165, 1.54) is 18.2 Å². The van der Waals surface area contributed by atoms with Gasteiger partial charge in [-0.15, -0.1) is 0 Å². The number of alkyl halides is 3. The number of hydrogen-bond acceptors (Lipinski definition) is 2. The summed E-state index contributed by atoms with van der Waals surface area (Å²) in [4.78, 5) is 26.8. The maximum absolute atomic E-state index is 13.3. The minimum Gasteiger partial charge on any atom is -0.325 e. The zero-order chi connectivity index (χ0) is 24.2. The lowest BCUT2D eigenvalue weighted by atomic mass is 10.1. The molecule has 0 saturated heterocycles. The molecule has 172 valence electrons. The Balaban J connectivity index is 1.87. The van der Waals surface area contributed by atoms with Gasteiger partial charge in [-0.2, -0.15) is 13.2 Å². The minimum atomic E-state index is -4.64. The average molecular weight is 499 g/mol. The van der Waals surface area contributed by atoms with Crippen molar-refractivity contribution in [1.82, 2.24) is 4.90 Å². The molecule has 3 aromatic carbocycles. The van der Waals surface area contributed by atoms with E-state index in [0.717, 1.165) is 29.2 Å². The van der Waals surface area contributed by atoms with Crippen molar-refractivity contribution in [1.29, 1.82) is 0 Å². The number of benzene rings is 3. The molecule has 0 bridgehead atoms. The van der Waals surface area contributed by atoms with E-state index in [9.17, 15) is 27.2 Å². The third-order valence-electron chi connectivity index (χ3n) is 4.58. The molecule has 0 heterocycles. The summed E-state index contributed by atoms with van der Waals surface area (Å²) in [7, 11) is 0. The van der Waals surface area contributed by atoms with Gasteiger partial charge in [0.25, 0.3) is 5.91 Å². The first-order chi connectivity index (χ1) is 15.5. The Kier molecular flexibility index (Phi) is 7.61. The smallest absolute Gasteiger partial charge is 0.325 e. The van der Waals surface area contributed by atoms with Gasteiger partial charge in [0.2, 0.25) is 5.91 Å². The van der Waals surface area contributed by atoms with Gasteiger partial charge in [0, 0.05) is 22.8 Å². The number of carbonyl (C=O) groups is 2. The number of halogens is 6. The Morgan fingerprint density at radius 3 is 2.30 bits per heavy atom. The van der Waals surface area contributed by atoms with Crippen LogP contribution in [0.25, 0.3) is 0 Å². The van der Waals surface area contributed by atoms with Crippen LogP contribution in [0.1, 0.15) is 21.5 Å². The number of amides is 2. The summed E-state index contributed by atoms with van der Waals surface area (Å²) in [5.41, 5.74) is -0.543. The van der Waals surface area contributed by atoms with Crippen LogP contribution in [0.4, 0.5) is 23.2 Å². The first kappa shape index (κ1) is 24.5. The van der Waals surface area contributed by atoms with E-state index in [4.69, 9.17) is 23.2 Å². The molecule has 0 atom stereocenters. The van der Waals surface area contributed by atoms with Crippen LogP contribution in [0, 0.1) is 5.82 Å². The van der Waals surface area contributed by atoms with E-state index in [1.807, 2.05) is 0 Å². The topological polar surface area (TPSA) is 49.4 Å². The first-order valence-electron chi connectivity index (χ1n) is 9.49. The molecule has 0 unspecified atom stereocenters. The second kappa shape index (κ2) is 10.2. The molecule has 0 aliphatic rings. The summed E-state index contributed by atoms with van der Waals surface area (Å²) in [6.07, 6.45) is -4.64. The molecule has 0 saturated carbocycles. The zero-order valence-corrected chi connectivity index (χ0v) is 18.3. The predicted octanol–water partition coefficient (Wildman–Crippen LogP) is 6.43.